The normalized spacial score (nSPS) is 12.2. The third-order valence-corrected chi connectivity index (χ3v) is 3.53. The highest BCUT2D eigenvalue weighted by Crippen LogP contribution is 2.22. The molecule has 0 saturated heterocycles. The minimum atomic E-state index is 0.244. The molecular formula is C14H13ClIN. The fourth-order valence-corrected chi connectivity index (χ4v) is 2.21. The van der Waals surface area contributed by atoms with Gasteiger partial charge in [0, 0.05) is 20.3 Å². The van der Waals surface area contributed by atoms with Crippen LogP contribution >= 0.6 is 34.2 Å². The molecule has 0 saturated carbocycles. The first-order valence-electron chi connectivity index (χ1n) is 5.43. The molecular weight excluding hydrogens is 345 g/mol. The third-order valence-electron chi connectivity index (χ3n) is 2.58. The summed E-state index contributed by atoms with van der Waals surface area (Å²) in [6, 6.07) is 16.5. The molecule has 1 N–H and O–H groups in total. The second kappa shape index (κ2) is 5.74. The standard InChI is InChI=1S/C14H13ClIN/c1-10(11-3-2-4-12(15)9-11)17-14-7-5-13(16)6-8-14/h2-10,17H,1H3. The maximum Gasteiger partial charge on any atom is 0.0486 e. The van der Waals surface area contributed by atoms with Gasteiger partial charge in [0.05, 0.1) is 0 Å². The fourth-order valence-electron chi connectivity index (χ4n) is 1.66. The van der Waals surface area contributed by atoms with Crippen molar-refractivity contribution in [3.8, 4) is 0 Å². The smallest absolute Gasteiger partial charge is 0.0486 e. The van der Waals surface area contributed by atoms with E-state index in [1.165, 1.54) is 9.13 Å². The van der Waals surface area contributed by atoms with Crippen LogP contribution in [0.3, 0.4) is 0 Å². The van der Waals surface area contributed by atoms with Gasteiger partial charge in [-0.3, -0.25) is 0 Å². The van der Waals surface area contributed by atoms with Gasteiger partial charge in [0.15, 0.2) is 0 Å². The summed E-state index contributed by atoms with van der Waals surface area (Å²) in [5.41, 5.74) is 2.31. The van der Waals surface area contributed by atoms with Crippen molar-refractivity contribution in [2.24, 2.45) is 0 Å². The summed E-state index contributed by atoms with van der Waals surface area (Å²) < 4.78 is 1.24. The summed E-state index contributed by atoms with van der Waals surface area (Å²) in [5.74, 6) is 0. The number of benzene rings is 2. The van der Waals surface area contributed by atoms with Gasteiger partial charge in [-0.15, -0.1) is 0 Å². The van der Waals surface area contributed by atoms with E-state index in [-0.39, 0.29) is 6.04 Å². The van der Waals surface area contributed by atoms with Crippen molar-refractivity contribution >= 4 is 39.9 Å². The van der Waals surface area contributed by atoms with Crippen LogP contribution in [0.2, 0.25) is 5.02 Å². The molecule has 1 nitrogen and oxygen atoms in total. The average molecular weight is 358 g/mol. The van der Waals surface area contributed by atoms with Crippen LogP contribution < -0.4 is 5.32 Å². The Balaban J connectivity index is 2.11. The van der Waals surface area contributed by atoms with E-state index in [1.54, 1.807) is 0 Å². The molecule has 0 bridgehead atoms. The topological polar surface area (TPSA) is 12.0 Å². The first-order chi connectivity index (χ1) is 8.15. The van der Waals surface area contributed by atoms with E-state index >= 15 is 0 Å². The van der Waals surface area contributed by atoms with Crippen LogP contribution in [0.1, 0.15) is 18.5 Å². The van der Waals surface area contributed by atoms with E-state index in [0.717, 1.165) is 10.7 Å². The van der Waals surface area contributed by atoms with Crippen molar-refractivity contribution in [2.75, 3.05) is 5.32 Å². The highest BCUT2D eigenvalue weighted by atomic mass is 127. The average Bonchev–Trinajstić information content (AvgIpc) is 2.32. The Labute approximate surface area is 120 Å². The summed E-state index contributed by atoms with van der Waals surface area (Å²) in [7, 11) is 0. The van der Waals surface area contributed by atoms with Gasteiger partial charge in [-0.2, -0.15) is 0 Å². The number of nitrogens with one attached hydrogen (secondary N) is 1. The molecule has 88 valence electrons. The Hall–Kier alpha value is -0.740. The Morgan fingerprint density at radius 3 is 2.47 bits per heavy atom. The van der Waals surface area contributed by atoms with Crippen LogP contribution in [0.25, 0.3) is 0 Å². The molecule has 2 aromatic carbocycles. The molecule has 0 heterocycles. The molecule has 17 heavy (non-hydrogen) atoms. The highest BCUT2D eigenvalue weighted by molar-refractivity contribution is 14.1. The van der Waals surface area contributed by atoms with Gasteiger partial charge in [-0.25, -0.2) is 0 Å². The minimum absolute atomic E-state index is 0.244. The summed E-state index contributed by atoms with van der Waals surface area (Å²) in [6.07, 6.45) is 0. The summed E-state index contributed by atoms with van der Waals surface area (Å²) >= 11 is 8.28. The van der Waals surface area contributed by atoms with E-state index < -0.39 is 0 Å². The zero-order valence-electron chi connectivity index (χ0n) is 9.45. The van der Waals surface area contributed by atoms with Crippen molar-refractivity contribution < 1.29 is 0 Å². The zero-order chi connectivity index (χ0) is 12.3. The van der Waals surface area contributed by atoms with E-state index in [9.17, 15) is 0 Å². The lowest BCUT2D eigenvalue weighted by Crippen LogP contribution is -2.06. The van der Waals surface area contributed by atoms with Crippen molar-refractivity contribution in [1.82, 2.24) is 0 Å². The molecule has 0 fully saturated rings. The molecule has 0 aromatic heterocycles. The van der Waals surface area contributed by atoms with E-state index in [2.05, 4.69) is 65.2 Å². The number of anilines is 1. The Morgan fingerprint density at radius 1 is 1.12 bits per heavy atom. The summed E-state index contributed by atoms with van der Waals surface area (Å²) in [5, 5.41) is 4.23. The van der Waals surface area contributed by atoms with Crippen LogP contribution in [-0.2, 0) is 0 Å². The minimum Gasteiger partial charge on any atom is -0.379 e. The Kier molecular flexibility index (Phi) is 4.29. The van der Waals surface area contributed by atoms with Gasteiger partial charge < -0.3 is 5.32 Å². The van der Waals surface area contributed by atoms with Gasteiger partial charge in [-0.05, 0) is 71.5 Å². The van der Waals surface area contributed by atoms with Gasteiger partial charge in [-0.1, -0.05) is 23.7 Å². The van der Waals surface area contributed by atoms with Gasteiger partial charge >= 0.3 is 0 Å². The van der Waals surface area contributed by atoms with Gasteiger partial charge in [0.2, 0.25) is 0 Å². The molecule has 2 rings (SSSR count). The number of hydrogen-bond acceptors (Lipinski definition) is 1. The second-order valence-electron chi connectivity index (χ2n) is 3.93. The number of rotatable bonds is 3. The molecule has 1 unspecified atom stereocenters. The van der Waals surface area contributed by atoms with E-state index in [0.29, 0.717) is 0 Å². The fraction of sp³-hybridized carbons (Fsp3) is 0.143. The predicted octanol–water partition coefficient (Wildman–Crippen LogP) is 5.12. The molecule has 0 aliphatic heterocycles. The Morgan fingerprint density at radius 2 is 1.82 bits per heavy atom. The Bertz CT molecular complexity index is 496. The first-order valence-corrected chi connectivity index (χ1v) is 6.88. The summed E-state index contributed by atoms with van der Waals surface area (Å²) in [4.78, 5) is 0. The maximum atomic E-state index is 5.98. The van der Waals surface area contributed by atoms with Gasteiger partial charge in [0.25, 0.3) is 0 Å². The molecule has 2 aromatic rings. The quantitative estimate of drug-likeness (QED) is 0.752. The third kappa shape index (κ3) is 3.61. The first kappa shape index (κ1) is 12.7. The van der Waals surface area contributed by atoms with Crippen LogP contribution in [0, 0.1) is 3.57 Å². The highest BCUT2D eigenvalue weighted by Gasteiger charge is 2.05. The van der Waals surface area contributed by atoms with E-state index in [1.807, 2.05) is 18.2 Å². The lowest BCUT2D eigenvalue weighted by atomic mass is 10.1. The lowest BCUT2D eigenvalue weighted by Gasteiger charge is -2.16. The molecule has 0 aliphatic rings. The number of hydrogen-bond donors (Lipinski definition) is 1. The predicted molar refractivity (Wildman–Crippen MR) is 82.6 cm³/mol. The molecule has 1 atom stereocenters. The van der Waals surface area contributed by atoms with Crippen LogP contribution in [0.15, 0.2) is 48.5 Å². The molecule has 0 amide bonds. The van der Waals surface area contributed by atoms with Crippen molar-refractivity contribution in [2.45, 2.75) is 13.0 Å². The molecule has 3 heteroatoms. The largest absolute Gasteiger partial charge is 0.379 e. The molecule has 0 radical (unpaired) electrons. The van der Waals surface area contributed by atoms with E-state index in [4.69, 9.17) is 11.6 Å². The van der Waals surface area contributed by atoms with Crippen LogP contribution in [-0.4, -0.2) is 0 Å². The van der Waals surface area contributed by atoms with Crippen molar-refractivity contribution in [1.29, 1.82) is 0 Å². The maximum absolute atomic E-state index is 5.98. The van der Waals surface area contributed by atoms with Crippen LogP contribution in [0.4, 0.5) is 5.69 Å². The van der Waals surface area contributed by atoms with Crippen molar-refractivity contribution in [3.05, 3.63) is 62.7 Å². The molecule has 0 aliphatic carbocycles. The monoisotopic (exact) mass is 357 g/mol. The SMILES string of the molecule is CC(Nc1ccc(I)cc1)c1cccc(Cl)c1. The molecule has 0 spiro atoms. The van der Waals surface area contributed by atoms with Crippen LogP contribution in [0.5, 0.6) is 0 Å². The second-order valence-corrected chi connectivity index (χ2v) is 5.61. The lowest BCUT2D eigenvalue weighted by molar-refractivity contribution is 0.885. The zero-order valence-corrected chi connectivity index (χ0v) is 12.4. The van der Waals surface area contributed by atoms with Crippen molar-refractivity contribution in [3.63, 3.8) is 0 Å². The summed E-state index contributed by atoms with van der Waals surface area (Å²) in [6.45, 7) is 2.13. The van der Waals surface area contributed by atoms with Gasteiger partial charge in [0.1, 0.15) is 0 Å². The number of halogens is 2.